The van der Waals surface area contributed by atoms with Gasteiger partial charge in [0.05, 0.1) is 18.2 Å². The van der Waals surface area contributed by atoms with E-state index in [2.05, 4.69) is 6.58 Å². The summed E-state index contributed by atoms with van der Waals surface area (Å²) in [6.45, 7) is 3.92. The molecule has 1 rings (SSSR count). The Morgan fingerprint density at radius 3 is 2.73 bits per heavy atom. The van der Waals surface area contributed by atoms with Gasteiger partial charge < -0.3 is 9.84 Å². The number of hydrogen-bond donors (Lipinski definition) is 1. The first-order chi connectivity index (χ1) is 7.19. The number of halogens is 2. The topological polar surface area (TPSA) is 29.5 Å². The molecule has 0 radical (unpaired) electrons. The summed E-state index contributed by atoms with van der Waals surface area (Å²) in [5.41, 5.74) is 0.594. The van der Waals surface area contributed by atoms with Gasteiger partial charge in [-0.05, 0) is 18.6 Å². The largest absolute Gasteiger partial charge is 0.491 e. The van der Waals surface area contributed by atoms with Crippen LogP contribution in [-0.2, 0) is 6.61 Å². The molecule has 0 amide bonds. The van der Waals surface area contributed by atoms with Gasteiger partial charge in [0.1, 0.15) is 5.75 Å². The highest BCUT2D eigenvalue weighted by Crippen LogP contribution is 2.32. The molecule has 0 saturated carbocycles. The third-order valence-corrected chi connectivity index (χ3v) is 2.32. The minimum Gasteiger partial charge on any atom is -0.491 e. The van der Waals surface area contributed by atoms with Crippen molar-refractivity contribution in [2.45, 2.75) is 13.0 Å². The van der Waals surface area contributed by atoms with Gasteiger partial charge in [0.25, 0.3) is 0 Å². The summed E-state index contributed by atoms with van der Waals surface area (Å²) in [7, 11) is 0. The van der Waals surface area contributed by atoms with Gasteiger partial charge in [-0.15, -0.1) is 6.58 Å². The van der Waals surface area contributed by atoms with E-state index in [9.17, 15) is 0 Å². The normalized spacial score (nSPS) is 10.1. The fraction of sp³-hybridized carbons (Fsp3) is 0.273. The number of rotatable bonds is 5. The molecule has 0 saturated heterocycles. The van der Waals surface area contributed by atoms with Crippen molar-refractivity contribution in [3.05, 3.63) is 40.4 Å². The van der Waals surface area contributed by atoms with Gasteiger partial charge in [-0.25, -0.2) is 0 Å². The zero-order chi connectivity index (χ0) is 11.3. The minimum atomic E-state index is -0.149. The Labute approximate surface area is 99.1 Å². The van der Waals surface area contributed by atoms with Gasteiger partial charge in [0, 0.05) is 10.6 Å². The van der Waals surface area contributed by atoms with Crippen LogP contribution in [0.2, 0.25) is 10.0 Å². The van der Waals surface area contributed by atoms with Crippen LogP contribution >= 0.6 is 23.2 Å². The van der Waals surface area contributed by atoms with E-state index in [-0.39, 0.29) is 6.61 Å². The lowest BCUT2D eigenvalue weighted by atomic mass is 10.2. The standard InChI is InChI=1S/C11H12Cl2O2/c1-2-3-4-15-11-8(7-14)5-9(12)6-10(11)13/h2,5-6,14H,1,3-4,7H2. The first kappa shape index (κ1) is 12.4. The van der Waals surface area contributed by atoms with Crippen LogP contribution in [0, 0.1) is 0 Å². The lowest BCUT2D eigenvalue weighted by molar-refractivity contribution is 0.264. The van der Waals surface area contributed by atoms with Crippen LogP contribution in [0.5, 0.6) is 5.75 Å². The fourth-order valence-electron chi connectivity index (χ4n) is 1.14. The Hall–Kier alpha value is -0.700. The fourth-order valence-corrected chi connectivity index (χ4v) is 1.73. The first-order valence-electron chi connectivity index (χ1n) is 4.51. The molecule has 0 fully saturated rings. The lowest BCUT2D eigenvalue weighted by Gasteiger charge is -2.11. The molecule has 15 heavy (non-hydrogen) atoms. The molecule has 1 N–H and O–H groups in total. The molecule has 0 atom stereocenters. The van der Waals surface area contributed by atoms with Crippen molar-refractivity contribution in [2.24, 2.45) is 0 Å². The van der Waals surface area contributed by atoms with Crippen molar-refractivity contribution in [2.75, 3.05) is 6.61 Å². The Bertz CT molecular complexity index is 351. The highest BCUT2D eigenvalue weighted by Gasteiger charge is 2.09. The van der Waals surface area contributed by atoms with Crippen LogP contribution in [0.3, 0.4) is 0 Å². The molecule has 1 aromatic rings. The van der Waals surface area contributed by atoms with Gasteiger partial charge >= 0.3 is 0 Å². The average molecular weight is 247 g/mol. The van der Waals surface area contributed by atoms with Crippen molar-refractivity contribution < 1.29 is 9.84 Å². The van der Waals surface area contributed by atoms with E-state index < -0.39 is 0 Å². The summed E-state index contributed by atoms with van der Waals surface area (Å²) in [5, 5.41) is 10.0. The van der Waals surface area contributed by atoms with Crippen molar-refractivity contribution in [3.63, 3.8) is 0 Å². The second-order valence-electron chi connectivity index (χ2n) is 2.96. The second-order valence-corrected chi connectivity index (χ2v) is 3.80. The summed E-state index contributed by atoms with van der Waals surface area (Å²) in [6.07, 6.45) is 2.48. The van der Waals surface area contributed by atoms with Crippen molar-refractivity contribution in [3.8, 4) is 5.75 Å². The Morgan fingerprint density at radius 1 is 1.40 bits per heavy atom. The van der Waals surface area contributed by atoms with Crippen LogP contribution in [0.15, 0.2) is 24.8 Å². The molecule has 0 spiro atoms. The molecule has 2 nitrogen and oxygen atoms in total. The van der Waals surface area contributed by atoms with Crippen LogP contribution < -0.4 is 4.74 Å². The Balaban J connectivity index is 2.88. The quantitative estimate of drug-likeness (QED) is 0.637. The number of ether oxygens (including phenoxy) is 1. The summed E-state index contributed by atoms with van der Waals surface area (Å²) in [4.78, 5) is 0. The zero-order valence-corrected chi connectivity index (χ0v) is 9.68. The highest BCUT2D eigenvalue weighted by molar-refractivity contribution is 6.35. The van der Waals surface area contributed by atoms with Crippen LogP contribution in [-0.4, -0.2) is 11.7 Å². The summed E-state index contributed by atoms with van der Waals surface area (Å²) in [6, 6.07) is 3.22. The van der Waals surface area contributed by atoms with E-state index in [1.165, 1.54) is 0 Å². The van der Waals surface area contributed by atoms with Crippen LogP contribution in [0.1, 0.15) is 12.0 Å². The summed E-state index contributed by atoms with van der Waals surface area (Å²) >= 11 is 11.7. The number of hydrogen-bond acceptors (Lipinski definition) is 2. The molecular weight excluding hydrogens is 235 g/mol. The molecule has 1 aromatic carbocycles. The monoisotopic (exact) mass is 246 g/mol. The molecule has 4 heteroatoms. The maximum absolute atomic E-state index is 9.11. The molecule has 82 valence electrons. The lowest BCUT2D eigenvalue weighted by Crippen LogP contribution is -2.00. The molecule has 0 aliphatic carbocycles. The van der Waals surface area contributed by atoms with E-state index in [0.717, 1.165) is 6.42 Å². The molecule has 0 heterocycles. The van der Waals surface area contributed by atoms with Gasteiger partial charge in [-0.2, -0.15) is 0 Å². The smallest absolute Gasteiger partial charge is 0.143 e. The van der Waals surface area contributed by atoms with E-state index in [0.29, 0.717) is 28.0 Å². The average Bonchev–Trinajstić information content (AvgIpc) is 2.20. The van der Waals surface area contributed by atoms with Crippen LogP contribution in [0.4, 0.5) is 0 Å². The number of aliphatic hydroxyl groups is 1. The number of benzene rings is 1. The number of aliphatic hydroxyl groups excluding tert-OH is 1. The molecule has 0 aliphatic heterocycles. The Morgan fingerprint density at radius 2 is 2.13 bits per heavy atom. The first-order valence-corrected chi connectivity index (χ1v) is 5.27. The van der Waals surface area contributed by atoms with Crippen molar-refractivity contribution >= 4 is 23.2 Å². The predicted molar refractivity (Wildman–Crippen MR) is 62.7 cm³/mol. The van der Waals surface area contributed by atoms with E-state index in [1.807, 2.05) is 0 Å². The third-order valence-electron chi connectivity index (χ3n) is 1.82. The predicted octanol–water partition coefficient (Wildman–Crippen LogP) is 3.44. The molecule has 0 aliphatic rings. The van der Waals surface area contributed by atoms with Gasteiger partial charge in [0.2, 0.25) is 0 Å². The molecule has 0 bridgehead atoms. The summed E-state index contributed by atoms with van der Waals surface area (Å²) < 4.78 is 5.43. The summed E-state index contributed by atoms with van der Waals surface area (Å²) in [5.74, 6) is 0.491. The maximum Gasteiger partial charge on any atom is 0.143 e. The molecule has 0 aromatic heterocycles. The van der Waals surface area contributed by atoms with E-state index >= 15 is 0 Å². The van der Waals surface area contributed by atoms with Gasteiger partial charge in [0.15, 0.2) is 0 Å². The molecule has 0 unspecified atom stereocenters. The van der Waals surface area contributed by atoms with Crippen molar-refractivity contribution in [1.82, 2.24) is 0 Å². The zero-order valence-electron chi connectivity index (χ0n) is 8.17. The van der Waals surface area contributed by atoms with Crippen LogP contribution in [0.25, 0.3) is 0 Å². The van der Waals surface area contributed by atoms with Gasteiger partial charge in [-0.1, -0.05) is 29.3 Å². The van der Waals surface area contributed by atoms with Gasteiger partial charge in [-0.3, -0.25) is 0 Å². The Kier molecular flexibility index (Phi) is 4.95. The van der Waals surface area contributed by atoms with E-state index in [1.54, 1.807) is 18.2 Å². The highest BCUT2D eigenvalue weighted by atomic mass is 35.5. The SMILES string of the molecule is C=CCCOc1c(Cl)cc(Cl)cc1CO. The molecular formula is C11H12Cl2O2. The second kappa shape index (κ2) is 6.01. The van der Waals surface area contributed by atoms with E-state index in [4.69, 9.17) is 33.0 Å². The van der Waals surface area contributed by atoms with Crippen molar-refractivity contribution in [1.29, 1.82) is 0 Å². The minimum absolute atomic E-state index is 0.149. The maximum atomic E-state index is 9.11. The third kappa shape index (κ3) is 3.42.